The highest BCUT2D eigenvalue weighted by Crippen LogP contribution is 2.43. The molecule has 2 saturated heterocycles. The summed E-state index contributed by atoms with van der Waals surface area (Å²) in [5.41, 5.74) is 9.15. The van der Waals surface area contributed by atoms with Crippen LogP contribution in [0.2, 0.25) is 10.0 Å². The molecule has 0 atom stereocenters. The van der Waals surface area contributed by atoms with E-state index in [1.165, 1.54) is 33.5 Å². The van der Waals surface area contributed by atoms with Crippen molar-refractivity contribution in [3.8, 4) is 16.9 Å². The smallest absolute Gasteiger partial charge is 0.223 e. The maximum atomic E-state index is 12.9. The van der Waals surface area contributed by atoms with Crippen LogP contribution in [0.15, 0.2) is 54.6 Å². The molecule has 0 saturated carbocycles. The Hall–Kier alpha value is -2.99. The van der Waals surface area contributed by atoms with Crippen LogP contribution in [0.3, 0.4) is 0 Å². The van der Waals surface area contributed by atoms with Crippen molar-refractivity contribution in [1.29, 1.82) is 0 Å². The molecule has 7 heteroatoms. The normalized spacial score (nSPS) is 17.6. The van der Waals surface area contributed by atoms with Gasteiger partial charge in [-0.3, -0.25) is 9.69 Å². The standard InChI is InChI=1S/C33H35Cl2N3O2/c1-3-6-27-28-15-22-7-4-5-8-25(22)26(28)9-10-31(27)38-19-24(20-38)37-13-11-21(12-14-37)33(39)36-18-23-16-29(34)30(35)17-32(23)40-2/h3-10,16-17,21,24H,11-15,18-20H2,1-2H3,(H,36,39). The lowest BCUT2D eigenvalue weighted by Gasteiger charge is -2.49. The van der Waals surface area contributed by atoms with Gasteiger partial charge >= 0.3 is 0 Å². The van der Waals surface area contributed by atoms with Crippen LogP contribution in [0, 0.1) is 5.92 Å². The van der Waals surface area contributed by atoms with Crippen LogP contribution in [-0.2, 0) is 17.8 Å². The van der Waals surface area contributed by atoms with Crippen LogP contribution in [0.1, 0.15) is 42.0 Å². The fourth-order valence-corrected chi connectivity index (χ4v) is 6.83. The van der Waals surface area contributed by atoms with Gasteiger partial charge in [0.15, 0.2) is 0 Å². The molecule has 1 N–H and O–H groups in total. The molecule has 6 rings (SSSR count). The van der Waals surface area contributed by atoms with Crippen LogP contribution in [0.4, 0.5) is 5.69 Å². The first-order valence-corrected chi connectivity index (χ1v) is 14.9. The van der Waals surface area contributed by atoms with Crippen molar-refractivity contribution in [3.63, 3.8) is 0 Å². The number of nitrogens with zero attached hydrogens (tertiary/aromatic N) is 2. The molecule has 2 heterocycles. The predicted octanol–water partition coefficient (Wildman–Crippen LogP) is 6.82. The number of fused-ring (bicyclic) bond motifs is 3. The number of piperidine rings is 1. The van der Waals surface area contributed by atoms with Crippen molar-refractivity contribution in [2.24, 2.45) is 5.92 Å². The number of rotatable bonds is 7. The summed E-state index contributed by atoms with van der Waals surface area (Å²) in [6, 6.07) is 17.4. The van der Waals surface area contributed by atoms with Gasteiger partial charge in [-0.05, 0) is 73.7 Å². The molecule has 0 spiro atoms. The minimum absolute atomic E-state index is 0.0285. The highest BCUT2D eigenvalue weighted by molar-refractivity contribution is 6.42. The molecule has 1 aliphatic carbocycles. The van der Waals surface area contributed by atoms with Gasteiger partial charge in [0.05, 0.1) is 17.2 Å². The summed E-state index contributed by atoms with van der Waals surface area (Å²) < 4.78 is 5.41. The molecular formula is C33H35Cl2N3O2. The molecule has 3 aliphatic rings. The number of carbonyl (C=O) groups is 1. The number of carbonyl (C=O) groups excluding carboxylic acids is 1. The maximum absolute atomic E-state index is 12.9. The first-order chi connectivity index (χ1) is 19.5. The molecule has 5 nitrogen and oxygen atoms in total. The van der Waals surface area contributed by atoms with Crippen molar-refractivity contribution in [2.45, 2.75) is 38.8 Å². The van der Waals surface area contributed by atoms with Crippen molar-refractivity contribution in [1.82, 2.24) is 10.2 Å². The van der Waals surface area contributed by atoms with E-state index in [1.54, 1.807) is 19.2 Å². The Morgan fingerprint density at radius 2 is 1.80 bits per heavy atom. The largest absolute Gasteiger partial charge is 0.496 e. The lowest BCUT2D eigenvalue weighted by Crippen LogP contribution is -2.61. The number of benzene rings is 3. The highest BCUT2D eigenvalue weighted by Gasteiger charge is 2.36. The van der Waals surface area contributed by atoms with Crippen LogP contribution >= 0.6 is 23.2 Å². The van der Waals surface area contributed by atoms with E-state index in [9.17, 15) is 4.79 Å². The summed E-state index contributed by atoms with van der Waals surface area (Å²) in [5, 5.41) is 3.98. The van der Waals surface area contributed by atoms with Crippen molar-refractivity contribution in [2.75, 3.05) is 38.2 Å². The molecule has 40 heavy (non-hydrogen) atoms. The SMILES string of the molecule is CC=Cc1c(N2CC(N3CCC(C(=O)NCc4cc(Cl)c(Cl)cc4OC)CC3)C2)ccc2c1Cc1ccccc1-2. The van der Waals surface area contributed by atoms with Gasteiger partial charge in [-0.1, -0.05) is 65.7 Å². The van der Waals surface area contributed by atoms with Gasteiger partial charge < -0.3 is 15.0 Å². The van der Waals surface area contributed by atoms with Crippen LogP contribution in [0.5, 0.6) is 5.75 Å². The summed E-state index contributed by atoms with van der Waals surface area (Å²) in [6.45, 7) is 6.44. The highest BCUT2D eigenvalue weighted by atomic mass is 35.5. The molecule has 0 aromatic heterocycles. The minimum atomic E-state index is 0.0285. The van der Waals surface area contributed by atoms with E-state index in [0.717, 1.165) is 51.0 Å². The second kappa shape index (κ2) is 11.5. The van der Waals surface area contributed by atoms with E-state index in [0.29, 0.717) is 28.4 Å². The number of anilines is 1. The minimum Gasteiger partial charge on any atom is -0.496 e. The lowest BCUT2D eigenvalue weighted by molar-refractivity contribution is -0.126. The third kappa shape index (κ3) is 5.11. The molecule has 0 bridgehead atoms. The molecule has 3 aromatic carbocycles. The number of allylic oxidation sites excluding steroid dienone is 1. The molecule has 0 unspecified atom stereocenters. The van der Waals surface area contributed by atoms with Crippen LogP contribution in [-0.4, -0.2) is 50.1 Å². The van der Waals surface area contributed by atoms with Gasteiger partial charge in [0, 0.05) is 54.5 Å². The van der Waals surface area contributed by atoms with Crippen molar-refractivity contribution >= 4 is 40.9 Å². The zero-order valence-electron chi connectivity index (χ0n) is 23.1. The third-order valence-corrected chi connectivity index (χ3v) is 9.46. The average Bonchev–Trinajstić information content (AvgIpc) is 3.33. The number of nitrogens with one attached hydrogen (secondary N) is 1. The number of hydrogen-bond donors (Lipinski definition) is 1. The zero-order valence-corrected chi connectivity index (χ0v) is 24.6. The maximum Gasteiger partial charge on any atom is 0.223 e. The van der Waals surface area contributed by atoms with E-state index in [4.69, 9.17) is 27.9 Å². The average molecular weight is 577 g/mol. The van der Waals surface area contributed by atoms with Gasteiger partial charge in [-0.15, -0.1) is 0 Å². The Morgan fingerprint density at radius 1 is 1.05 bits per heavy atom. The topological polar surface area (TPSA) is 44.8 Å². The zero-order chi connectivity index (χ0) is 27.8. The van der Waals surface area contributed by atoms with E-state index in [2.05, 4.69) is 70.6 Å². The first-order valence-electron chi connectivity index (χ1n) is 14.1. The Bertz CT molecular complexity index is 1460. The van der Waals surface area contributed by atoms with Gasteiger partial charge in [-0.2, -0.15) is 0 Å². The van der Waals surface area contributed by atoms with E-state index in [-0.39, 0.29) is 11.8 Å². The summed E-state index contributed by atoms with van der Waals surface area (Å²) in [5.74, 6) is 0.753. The number of amides is 1. The summed E-state index contributed by atoms with van der Waals surface area (Å²) in [7, 11) is 1.59. The van der Waals surface area contributed by atoms with Gasteiger partial charge in [0.2, 0.25) is 5.91 Å². The molecule has 1 amide bonds. The fraction of sp³-hybridized carbons (Fsp3) is 0.364. The van der Waals surface area contributed by atoms with Crippen LogP contribution in [0.25, 0.3) is 17.2 Å². The number of methoxy groups -OCH3 is 1. The molecule has 2 aliphatic heterocycles. The number of hydrogen-bond acceptors (Lipinski definition) is 4. The van der Waals surface area contributed by atoms with Crippen LogP contribution < -0.4 is 15.0 Å². The Morgan fingerprint density at radius 3 is 2.55 bits per heavy atom. The fourth-order valence-electron chi connectivity index (χ4n) is 6.49. The van der Waals surface area contributed by atoms with Gasteiger partial charge in [0.25, 0.3) is 0 Å². The van der Waals surface area contributed by atoms with Crippen molar-refractivity contribution < 1.29 is 9.53 Å². The summed E-state index contributed by atoms with van der Waals surface area (Å²) >= 11 is 12.3. The molecule has 0 radical (unpaired) electrons. The summed E-state index contributed by atoms with van der Waals surface area (Å²) in [6.07, 6.45) is 7.20. The van der Waals surface area contributed by atoms with E-state index >= 15 is 0 Å². The first kappa shape index (κ1) is 27.2. The number of halogens is 2. The number of ether oxygens (including phenoxy) is 1. The van der Waals surface area contributed by atoms with E-state index < -0.39 is 0 Å². The lowest BCUT2D eigenvalue weighted by atomic mass is 9.92. The Kier molecular flexibility index (Phi) is 7.80. The van der Waals surface area contributed by atoms with Gasteiger partial charge in [0.1, 0.15) is 5.75 Å². The third-order valence-electron chi connectivity index (χ3n) is 8.74. The monoisotopic (exact) mass is 575 g/mol. The predicted molar refractivity (Wildman–Crippen MR) is 165 cm³/mol. The van der Waals surface area contributed by atoms with Crippen molar-refractivity contribution in [3.05, 3.63) is 86.9 Å². The summed E-state index contributed by atoms with van der Waals surface area (Å²) in [4.78, 5) is 18.0. The molecule has 208 valence electrons. The second-order valence-corrected chi connectivity index (χ2v) is 11.8. The molecule has 2 fully saturated rings. The Balaban J connectivity index is 1.03. The quantitative estimate of drug-likeness (QED) is 0.262. The Labute approximate surface area is 246 Å². The second-order valence-electron chi connectivity index (χ2n) is 11.0. The number of likely N-dealkylation sites (tertiary alicyclic amines) is 1. The van der Waals surface area contributed by atoms with E-state index in [1.807, 2.05) is 0 Å². The molecular weight excluding hydrogens is 541 g/mol. The molecule has 3 aromatic rings. The van der Waals surface area contributed by atoms with Gasteiger partial charge in [-0.25, -0.2) is 0 Å².